The average molecular weight is 986 g/mol. The number of allylic oxidation sites excluding steroid dienone is 4. The van der Waals surface area contributed by atoms with Gasteiger partial charge in [-0.05, 0) is 70.6 Å². The van der Waals surface area contributed by atoms with E-state index in [2.05, 4.69) is 45.1 Å². The first kappa shape index (κ1) is 67.9. The Morgan fingerprint density at radius 1 is 0.271 bits per heavy atom. The predicted octanol–water partition coefficient (Wildman–Crippen LogP) is 21.1. The fourth-order valence-corrected chi connectivity index (χ4v) is 9.44. The maximum Gasteiger partial charge on any atom is 0.306 e. The molecule has 0 spiro atoms. The van der Waals surface area contributed by atoms with Crippen molar-refractivity contribution in [1.29, 1.82) is 0 Å². The first-order chi connectivity index (χ1) is 34.5. The molecule has 0 aromatic heterocycles. The summed E-state index contributed by atoms with van der Waals surface area (Å²) >= 11 is 0. The Kier molecular flexibility index (Phi) is 57.7. The molecule has 0 aliphatic heterocycles. The number of carbonyl (C=O) groups excluding carboxylic acids is 3. The zero-order valence-electron chi connectivity index (χ0n) is 47.3. The molecule has 0 saturated heterocycles. The molecule has 6 nitrogen and oxygen atoms in total. The Morgan fingerprint density at radius 2 is 0.471 bits per heavy atom. The van der Waals surface area contributed by atoms with Gasteiger partial charge in [-0.15, -0.1) is 0 Å². The van der Waals surface area contributed by atoms with Crippen LogP contribution in [0.1, 0.15) is 348 Å². The van der Waals surface area contributed by atoms with Gasteiger partial charge >= 0.3 is 17.9 Å². The molecule has 0 N–H and O–H groups in total. The second kappa shape index (κ2) is 59.5. The van der Waals surface area contributed by atoms with E-state index in [9.17, 15) is 14.4 Å². The van der Waals surface area contributed by atoms with Gasteiger partial charge in [-0.2, -0.15) is 0 Å². The van der Waals surface area contributed by atoms with Crippen molar-refractivity contribution in [3.8, 4) is 0 Å². The summed E-state index contributed by atoms with van der Waals surface area (Å²) in [7, 11) is 0. The molecule has 6 heteroatoms. The van der Waals surface area contributed by atoms with Gasteiger partial charge in [-0.3, -0.25) is 14.4 Å². The predicted molar refractivity (Wildman–Crippen MR) is 303 cm³/mol. The zero-order valence-corrected chi connectivity index (χ0v) is 47.3. The van der Waals surface area contributed by atoms with Crippen LogP contribution in [0.5, 0.6) is 0 Å². The average Bonchev–Trinajstić information content (AvgIpc) is 3.36. The van der Waals surface area contributed by atoms with E-state index in [1.807, 2.05) is 0 Å². The Bertz CT molecular complexity index is 1130. The standard InChI is InChI=1S/C64H120O6/c1-4-7-10-13-16-19-21-23-25-27-29-31-32-34-35-37-39-41-43-45-48-51-54-57-63(66)69-60-61(59-68-62(65)56-53-50-47-18-15-12-9-6-3)70-64(67)58-55-52-49-46-44-42-40-38-36-33-30-28-26-24-22-20-17-14-11-8-5-2/h27-30,61H,4-26,31-60H2,1-3H3/b29-27-,30-28-. The first-order valence-corrected chi connectivity index (χ1v) is 31.3. The van der Waals surface area contributed by atoms with Gasteiger partial charge in [0.2, 0.25) is 0 Å². The fourth-order valence-electron chi connectivity index (χ4n) is 9.44. The highest BCUT2D eigenvalue weighted by atomic mass is 16.6. The molecule has 0 rings (SSSR count). The van der Waals surface area contributed by atoms with Crippen molar-refractivity contribution < 1.29 is 28.6 Å². The molecule has 0 amide bonds. The highest BCUT2D eigenvalue weighted by molar-refractivity contribution is 5.71. The van der Waals surface area contributed by atoms with Gasteiger partial charge < -0.3 is 14.2 Å². The quantitative estimate of drug-likeness (QED) is 0.0261. The summed E-state index contributed by atoms with van der Waals surface area (Å²) in [5.41, 5.74) is 0. The van der Waals surface area contributed by atoms with Crippen molar-refractivity contribution in [3.63, 3.8) is 0 Å². The van der Waals surface area contributed by atoms with E-state index >= 15 is 0 Å². The lowest BCUT2D eigenvalue weighted by molar-refractivity contribution is -0.167. The maximum absolute atomic E-state index is 12.9. The third-order valence-corrected chi connectivity index (χ3v) is 14.2. The minimum Gasteiger partial charge on any atom is -0.462 e. The van der Waals surface area contributed by atoms with Crippen molar-refractivity contribution in [1.82, 2.24) is 0 Å². The van der Waals surface area contributed by atoms with Crippen LogP contribution < -0.4 is 0 Å². The number of carbonyl (C=O) groups is 3. The van der Waals surface area contributed by atoms with E-state index in [4.69, 9.17) is 14.2 Å². The summed E-state index contributed by atoms with van der Waals surface area (Å²) in [4.78, 5) is 38.1. The highest BCUT2D eigenvalue weighted by Gasteiger charge is 2.19. The van der Waals surface area contributed by atoms with E-state index < -0.39 is 6.10 Å². The van der Waals surface area contributed by atoms with Gasteiger partial charge in [0.25, 0.3) is 0 Å². The van der Waals surface area contributed by atoms with E-state index in [1.54, 1.807) is 0 Å². The Balaban J connectivity index is 4.15. The zero-order chi connectivity index (χ0) is 50.7. The van der Waals surface area contributed by atoms with E-state index in [0.29, 0.717) is 19.3 Å². The number of unbranched alkanes of at least 4 members (excludes halogenated alkanes) is 43. The van der Waals surface area contributed by atoms with Gasteiger partial charge in [-0.25, -0.2) is 0 Å². The summed E-state index contributed by atoms with van der Waals surface area (Å²) in [6, 6.07) is 0. The third kappa shape index (κ3) is 56.8. The SMILES string of the molecule is CCCCCCCCCC/C=C\CCCCCCCCCCCCCC(=O)OCC(COC(=O)CCCCCCCCCC)OC(=O)CCCCCCCCCCC/C=C\CCCCCCCCCC. The van der Waals surface area contributed by atoms with Gasteiger partial charge in [0.05, 0.1) is 0 Å². The van der Waals surface area contributed by atoms with Crippen LogP contribution in [-0.2, 0) is 28.6 Å². The molecule has 70 heavy (non-hydrogen) atoms. The Labute approximate surface area is 436 Å². The van der Waals surface area contributed by atoms with Crippen LogP contribution in [0.2, 0.25) is 0 Å². The van der Waals surface area contributed by atoms with Crippen molar-refractivity contribution in [2.45, 2.75) is 354 Å². The van der Waals surface area contributed by atoms with Gasteiger partial charge in [-0.1, -0.05) is 283 Å². The largest absolute Gasteiger partial charge is 0.462 e. The summed E-state index contributed by atoms with van der Waals surface area (Å²) in [6.45, 7) is 6.66. The molecule has 0 aliphatic rings. The molecule has 1 atom stereocenters. The van der Waals surface area contributed by atoms with Gasteiger partial charge in [0.1, 0.15) is 13.2 Å². The molecule has 0 heterocycles. The Morgan fingerprint density at radius 3 is 0.714 bits per heavy atom. The van der Waals surface area contributed by atoms with Crippen LogP contribution in [0.4, 0.5) is 0 Å². The van der Waals surface area contributed by atoms with Crippen LogP contribution in [0.3, 0.4) is 0 Å². The lowest BCUT2D eigenvalue weighted by atomic mass is 10.0. The van der Waals surface area contributed by atoms with Crippen molar-refractivity contribution in [2.24, 2.45) is 0 Å². The molecule has 0 bridgehead atoms. The number of ether oxygens (including phenoxy) is 3. The van der Waals surface area contributed by atoms with Gasteiger partial charge in [0.15, 0.2) is 6.10 Å². The fraction of sp³-hybridized carbons (Fsp3) is 0.891. The van der Waals surface area contributed by atoms with Crippen LogP contribution >= 0.6 is 0 Å². The molecule has 0 aromatic rings. The smallest absolute Gasteiger partial charge is 0.306 e. The Hall–Kier alpha value is -2.11. The lowest BCUT2D eigenvalue weighted by Gasteiger charge is -2.18. The van der Waals surface area contributed by atoms with Crippen LogP contribution in [-0.4, -0.2) is 37.2 Å². The van der Waals surface area contributed by atoms with Crippen LogP contribution in [0, 0.1) is 0 Å². The second-order valence-corrected chi connectivity index (χ2v) is 21.3. The third-order valence-electron chi connectivity index (χ3n) is 14.2. The van der Waals surface area contributed by atoms with Crippen molar-refractivity contribution in [3.05, 3.63) is 24.3 Å². The van der Waals surface area contributed by atoms with Crippen molar-refractivity contribution >= 4 is 17.9 Å². The lowest BCUT2D eigenvalue weighted by Crippen LogP contribution is -2.30. The summed E-state index contributed by atoms with van der Waals surface area (Å²) < 4.78 is 16.9. The minimum absolute atomic E-state index is 0.0682. The van der Waals surface area contributed by atoms with Gasteiger partial charge in [0, 0.05) is 19.3 Å². The van der Waals surface area contributed by atoms with E-state index in [0.717, 1.165) is 57.8 Å². The topological polar surface area (TPSA) is 78.9 Å². The molecular weight excluding hydrogens is 865 g/mol. The highest BCUT2D eigenvalue weighted by Crippen LogP contribution is 2.17. The molecule has 412 valence electrons. The number of hydrogen-bond acceptors (Lipinski definition) is 6. The van der Waals surface area contributed by atoms with E-state index in [1.165, 1.54) is 250 Å². The number of hydrogen-bond donors (Lipinski definition) is 0. The first-order valence-electron chi connectivity index (χ1n) is 31.3. The second-order valence-electron chi connectivity index (χ2n) is 21.3. The molecule has 1 unspecified atom stereocenters. The monoisotopic (exact) mass is 985 g/mol. The van der Waals surface area contributed by atoms with E-state index in [-0.39, 0.29) is 31.1 Å². The number of rotatable bonds is 58. The molecular formula is C64H120O6. The van der Waals surface area contributed by atoms with Crippen LogP contribution in [0.25, 0.3) is 0 Å². The molecule has 0 radical (unpaired) electrons. The number of esters is 3. The summed E-state index contributed by atoms with van der Waals surface area (Å²) in [5.74, 6) is -0.854. The summed E-state index contributed by atoms with van der Waals surface area (Å²) in [6.07, 6.45) is 70.6. The molecule has 0 saturated carbocycles. The van der Waals surface area contributed by atoms with Crippen molar-refractivity contribution in [2.75, 3.05) is 13.2 Å². The summed E-state index contributed by atoms with van der Waals surface area (Å²) in [5, 5.41) is 0. The molecule has 0 aromatic carbocycles. The maximum atomic E-state index is 12.9. The normalized spacial score (nSPS) is 12.1. The molecule has 0 fully saturated rings. The van der Waals surface area contributed by atoms with Crippen LogP contribution in [0.15, 0.2) is 24.3 Å². The minimum atomic E-state index is -0.768. The molecule has 0 aliphatic carbocycles.